The predicted octanol–water partition coefficient (Wildman–Crippen LogP) is -3.04. The quantitative estimate of drug-likeness (QED) is 0.0555. The number of primary amides is 1. The molecule has 24 heteroatoms. The van der Waals surface area contributed by atoms with Crippen LogP contribution in [0.1, 0.15) is 50.2 Å². The highest BCUT2D eigenvalue weighted by Crippen LogP contribution is 2.15. The summed E-state index contributed by atoms with van der Waals surface area (Å²) in [6, 6.07) is 6.98. The highest BCUT2D eigenvalue weighted by Gasteiger charge is 2.21. The van der Waals surface area contributed by atoms with Crippen molar-refractivity contribution in [1.82, 2.24) is 5.32 Å². The van der Waals surface area contributed by atoms with Crippen molar-refractivity contribution in [2.24, 2.45) is 34.4 Å². The molecule has 1 amide bonds. The van der Waals surface area contributed by atoms with Gasteiger partial charge < -0.3 is 85.3 Å². The highest BCUT2D eigenvalue weighted by molar-refractivity contribution is 5.83. The molecule has 1 fully saturated rings. The summed E-state index contributed by atoms with van der Waals surface area (Å²) in [7, 11) is 0. The van der Waals surface area contributed by atoms with Crippen LogP contribution in [0.4, 0.5) is 0 Å². The molecule has 0 bridgehead atoms. The van der Waals surface area contributed by atoms with Gasteiger partial charge in [0.05, 0.1) is 12.5 Å². The summed E-state index contributed by atoms with van der Waals surface area (Å²) in [5, 5.41) is 70.6. The summed E-state index contributed by atoms with van der Waals surface area (Å²) in [5.41, 5.74) is 32.2. The van der Waals surface area contributed by atoms with Crippen LogP contribution in [0.5, 0.6) is 11.5 Å². The topological polar surface area (TPSA) is 476 Å². The Balaban J connectivity index is 0. The van der Waals surface area contributed by atoms with Crippen molar-refractivity contribution in [1.29, 1.82) is 0 Å². The van der Waals surface area contributed by atoms with E-state index < -0.39 is 84.0 Å². The number of rotatable bonds is 17. The van der Waals surface area contributed by atoms with Crippen LogP contribution in [0.15, 0.2) is 48.5 Å². The molecule has 1 heterocycles. The molecule has 0 saturated carbocycles. The standard InChI is InChI=1S/C14H18N2O6.C9H11NO3.C5H9NO2.C4H8N2O3.C4H9NO3/c15-10(5-6-12(17)18)14(21)22-9-3-1-8(2-4-9)7-11(16)13(19)20;10-8(9(12)13)5-6-1-3-7(11)4-2-6;7-5(8)4-2-1-3-6-4;5-2(4(8)9)1-3(6)7;1-2(6)3(5)4(7)8/h1-4,10-11H,5-7,15-16H2,(H,17,18)(H,19,20);1-4,8,11H,5,10H2,(H,12,13);4,6H,1-3H2,(H,7,8);2H,1,5H2,(H2,6,7)(H,8,9);2-3,6H,5H2,1H3,(H,7,8)/t;;4-;;/m..0../s1. The molecule has 0 radical (unpaired) electrons. The number of carboxylic acid groups (broad SMARTS) is 6. The van der Waals surface area contributed by atoms with E-state index in [4.69, 9.17) is 74.3 Å². The summed E-state index contributed by atoms with van der Waals surface area (Å²) >= 11 is 0. The minimum absolute atomic E-state index is 0.0142. The maximum absolute atomic E-state index is 11.6. The number of aliphatic carboxylic acids is 6. The normalized spacial score (nSPS) is 15.5. The monoisotopic (exact) mass is 857 g/mol. The molecule has 21 N–H and O–H groups in total. The first-order valence-electron chi connectivity index (χ1n) is 17.7. The molecule has 0 spiro atoms. The number of aliphatic hydroxyl groups is 1. The first-order valence-corrected chi connectivity index (χ1v) is 17.7. The third kappa shape index (κ3) is 27.4. The van der Waals surface area contributed by atoms with E-state index in [1.54, 1.807) is 24.3 Å². The van der Waals surface area contributed by atoms with Crippen molar-refractivity contribution >= 4 is 47.7 Å². The average Bonchev–Trinajstić information content (AvgIpc) is 3.72. The van der Waals surface area contributed by atoms with Crippen LogP contribution in [-0.4, -0.2) is 137 Å². The molecule has 1 aliphatic rings. The Bertz CT molecular complexity index is 1660. The van der Waals surface area contributed by atoms with E-state index in [0.29, 0.717) is 5.56 Å². The fourth-order valence-electron chi connectivity index (χ4n) is 4.00. The SMILES string of the molecule is CC(O)C(N)C(=O)O.NC(=O)CC(N)C(=O)O.NC(Cc1ccc(O)cc1)C(=O)O.NC(Cc1ccc(OC(=O)C(N)CCC(=O)O)cc1)C(=O)O.O=C(O)[C@@H]1CCCN1. The van der Waals surface area contributed by atoms with Crippen LogP contribution in [0.3, 0.4) is 0 Å². The summed E-state index contributed by atoms with van der Waals surface area (Å²) in [4.78, 5) is 83.0. The molecule has 336 valence electrons. The maximum atomic E-state index is 11.6. The number of nitrogens with two attached hydrogens (primary N) is 6. The summed E-state index contributed by atoms with van der Waals surface area (Å²) < 4.78 is 5.01. The lowest BCUT2D eigenvalue weighted by Gasteiger charge is -2.11. The third-order valence-electron chi connectivity index (χ3n) is 7.50. The number of phenols is 1. The molecule has 60 heavy (non-hydrogen) atoms. The second kappa shape index (κ2) is 29.9. The average molecular weight is 858 g/mol. The van der Waals surface area contributed by atoms with Gasteiger partial charge in [-0.2, -0.15) is 0 Å². The number of carbonyl (C=O) groups excluding carboxylic acids is 2. The molecule has 1 aliphatic heterocycles. The van der Waals surface area contributed by atoms with Crippen molar-refractivity contribution < 1.29 is 83.9 Å². The molecule has 1 saturated heterocycles. The van der Waals surface area contributed by atoms with E-state index in [9.17, 15) is 38.4 Å². The minimum atomic E-state index is -1.21. The summed E-state index contributed by atoms with van der Waals surface area (Å²) in [5.74, 6) is -7.30. The van der Waals surface area contributed by atoms with Gasteiger partial charge in [0, 0.05) is 6.42 Å². The summed E-state index contributed by atoms with van der Waals surface area (Å²) in [6.45, 7) is 2.19. The Labute approximate surface area is 343 Å². The number of hydrogen-bond donors (Lipinski definition) is 15. The van der Waals surface area contributed by atoms with Crippen molar-refractivity contribution in [2.45, 2.75) is 94.2 Å². The number of nitrogens with one attached hydrogen (secondary N) is 1. The molecule has 0 aromatic heterocycles. The Kier molecular flexibility index (Phi) is 27.8. The number of hydrogen-bond acceptors (Lipinski definition) is 17. The first-order chi connectivity index (χ1) is 27.8. The van der Waals surface area contributed by atoms with Gasteiger partial charge in [-0.15, -0.1) is 0 Å². The zero-order chi connectivity index (χ0) is 46.7. The Hall–Kier alpha value is -6.28. The molecule has 24 nitrogen and oxygen atoms in total. The second-order valence-electron chi connectivity index (χ2n) is 12.8. The molecular weight excluding hydrogens is 802 g/mol. The van der Waals surface area contributed by atoms with E-state index in [-0.39, 0.29) is 49.6 Å². The smallest absolute Gasteiger partial charge is 0.328 e. The van der Waals surface area contributed by atoms with E-state index in [1.807, 2.05) is 0 Å². The molecule has 2 aromatic carbocycles. The first kappa shape index (κ1) is 55.8. The fraction of sp³-hybridized carbons (Fsp3) is 0.444. The lowest BCUT2D eigenvalue weighted by molar-refractivity contribution is -0.141. The molecular formula is C36H55N7O17. The largest absolute Gasteiger partial charge is 0.508 e. The fourth-order valence-corrected chi connectivity index (χ4v) is 4.00. The Morgan fingerprint density at radius 3 is 1.43 bits per heavy atom. The van der Waals surface area contributed by atoms with Gasteiger partial charge in [-0.1, -0.05) is 24.3 Å². The number of amides is 1. The minimum Gasteiger partial charge on any atom is -0.508 e. The number of carbonyl (C=O) groups is 8. The molecule has 7 atom stereocenters. The van der Waals surface area contributed by atoms with Crippen LogP contribution < -0.4 is 44.5 Å². The van der Waals surface area contributed by atoms with Gasteiger partial charge in [0.15, 0.2) is 0 Å². The molecule has 2 aromatic rings. The number of aliphatic hydroxyl groups excluding tert-OH is 1. The zero-order valence-corrected chi connectivity index (χ0v) is 32.5. The lowest BCUT2D eigenvalue weighted by Crippen LogP contribution is -2.39. The van der Waals surface area contributed by atoms with Crippen molar-refractivity contribution in [2.75, 3.05) is 6.54 Å². The Morgan fingerprint density at radius 2 is 1.15 bits per heavy atom. The number of esters is 1. The van der Waals surface area contributed by atoms with Gasteiger partial charge in [0.2, 0.25) is 5.91 Å². The number of aromatic hydroxyl groups is 1. The number of carboxylic acids is 6. The predicted molar refractivity (Wildman–Crippen MR) is 209 cm³/mol. The molecule has 6 unspecified atom stereocenters. The maximum Gasteiger partial charge on any atom is 0.328 e. The highest BCUT2D eigenvalue weighted by atomic mass is 16.5. The van der Waals surface area contributed by atoms with Crippen LogP contribution in [0.25, 0.3) is 0 Å². The number of benzene rings is 2. The van der Waals surface area contributed by atoms with Gasteiger partial charge in [0.1, 0.15) is 47.8 Å². The number of phenolic OH excluding ortho intramolecular Hbond substituents is 1. The second-order valence-corrected chi connectivity index (χ2v) is 12.8. The van der Waals surface area contributed by atoms with E-state index in [2.05, 4.69) is 11.1 Å². The van der Waals surface area contributed by atoms with Gasteiger partial charge in [-0.25, -0.2) is 4.79 Å². The van der Waals surface area contributed by atoms with Gasteiger partial charge in [-0.05, 0) is 81.0 Å². The van der Waals surface area contributed by atoms with Crippen LogP contribution >= 0.6 is 0 Å². The van der Waals surface area contributed by atoms with E-state index in [0.717, 1.165) is 24.9 Å². The third-order valence-corrected chi connectivity index (χ3v) is 7.50. The molecule has 3 rings (SSSR count). The van der Waals surface area contributed by atoms with E-state index >= 15 is 0 Å². The van der Waals surface area contributed by atoms with Crippen molar-refractivity contribution in [3.63, 3.8) is 0 Å². The van der Waals surface area contributed by atoms with Crippen molar-refractivity contribution in [3.05, 3.63) is 59.7 Å². The summed E-state index contributed by atoms with van der Waals surface area (Å²) in [6.07, 6.45) is 0.688. The van der Waals surface area contributed by atoms with Crippen LogP contribution in [-0.2, 0) is 51.2 Å². The molecule has 0 aliphatic carbocycles. The van der Waals surface area contributed by atoms with Gasteiger partial charge in [-0.3, -0.25) is 33.6 Å². The Morgan fingerprint density at radius 1 is 0.700 bits per heavy atom. The lowest BCUT2D eigenvalue weighted by atomic mass is 10.1. The van der Waals surface area contributed by atoms with Crippen LogP contribution in [0.2, 0.25) is 0 Å². The van der Waals surface area contributed by atoms with Crippen molar-refractivity contribution in [3.8, 4) is 11.5 Å². The zero-order valence-electron chi connectivity index (χ0n) is 32.5. The van der Waals surface area contributed by atoms with Gasteiger partial charge in [0.25, 0.3) is 0 Å². The number of ether oxygens (including phenoxy) is 1. The van der Waals surface area contributed by atoms with Crippen LogP contribution in [0, 0.1) is 0 Å². The van der Waals surface area contributed by atoms with Gasteiger partial charge >= 0.3 is 41.8 Å². The van der Waals surface area contributed by atoms with E-state index in [1.165, 1.54) is 31.2 Å².